The molecule has 0 saturated carbocycles. The first-order valence-electron chi connectivity index (χ1n) is 21.7. The van der Waals surface area contributed by atoms with Crippen LogP contribution in [-0.4, -0.2) is 10.3 Å². The number of fused-ring (bicyclic) bond motifs is 6. The molecular weight excluding hydrogens is 725 g/mol. The van der Waals surface area contributed by atoms with Gasteiger partial charge in [-0.15, -0.1) is 0 Å². The van der Waals surface area contributed by atoms with Crippen molar-refractivity contribution in [3.05, 3.63) is 233 Å². The van der Waals surface area contributed by atoms with E-state index in [9.17, 15) is 0 Å². The van der Waals surface area contributed by atoms with Gasteiger partial charge in [0, 0.05) is 46.6 Å². The second kappa shape index (κ2) is 15.3. The van der Waals surface area contributed by atoms with Crippen molar-refractivity contribution in [2.45, 2.75) is 70.9 Å². The molecule has 0 saturated heterocycles. The minimum atomic E-state index is -0.192. The normalized spacial score (nSPS) is 18.4. The van der Waals surface area contributed by atoms with Gasteiger partial charge in [0.2, 0.25) is 5.69 Å². The lowest BCUT2D eigenvalue weighted by Gasteiger charge is -2.28. The van der Waals surface area contributed by atoms with Crippen LogP contribution >= 0.6 is 0 Å². The van der Waals surface area contributed by atoms with Crippen molar-refractivity contribution in [2.75, 3.05) is 4.90 Å². The summed E-state index contributed by atoms with van der Waals surface area (Å²) in [7, 11) is 0. The standard InChI is InChI=1S/C58H53N2/c1-57(2)52(59(39-41-19-8-5-9-20-41)50-35-31-43-23-14-16-29-48(43)55(50)57)37-33-46-27-18-28-47(54(46)45-25-12-7-13-26-45)34-38-53-58(3,4)56-49-30-17-15-24-44(49)32-36-51(56)60(53)40-42-21-10-6-11-22-42/h5-17,19-26,29-38H,18,27-28,39-40H2,1-4H3/q+1. The molecular formula is C58H53N2+. The first-order chi connectivity index (χ1) is 29.3. The molecule has 0 radical (unpaired) electrons. The first kappa shape index (κ1) is 37.7. The van der Waals surface area contributed by atoms with E-state index in [4.69, 9.17) is 0 Å². The Morgan fingerprint density at radius 3 is 1.85 bits per heavy atom. The summed E-state index contributed by atoms with van der Waals surface area (Å²) < 4.78 is 2.57. The molecule has 7 aromatic rings. The molecule has 2 nitrogen and oxygen atoms in total. The summed E-state index contributed by atoms with van der Waals surface area (Å²) in [6.07, 6.45) is 13.1. The summed E-state index contributed by atoms with van der Waals surface area (Å²) in [5.74, 6) is 0. The van der Waals surface area contributed by atoms with E-state index < -0.39 is 0 Å². The topological polar surface area (TPSA) is 6.25 Å². The monoisotopic (exact) mass is 777 g/mol. The molecule has 60 heavy (non-hydrogen) atoms. The summed E-state index contributed by atoms with van der Waals surface area (Å²) >= 11 is 0. The third-order valence-corrected chi connectivity index (χ3v) is 13.4. The summed E-state index contributed by atoms with van der Waals surface area (Å²) in [5.41, 5.74) is 15.8. The van der Waals surface area contributed by atoms with Crippen LogP contribution in [0.1, 0.15) is 74.8 Å². The maximum absolute atomic E-state index is 2.57. The Bertz CT molecular complexity index is 2920. The van der Waals surface area contributed by atoms with Crippen LogP contribution in [0.3, 0.4) is 0 Å². The first-order valence-corrected chi connectivity index (χ1v) is 21.7. The lowest BCUT2D eigenvalue weighted by atomic mass is 9.78. The lowest BCUT2D eigenvalue weighted by Crippen LogP contribution is -2.27. The van der Waals surface area contributed by atoms with Crippen LogP contribution < -0.4 is 4.90 Å². The maximum Gasteiger partial charge on any atom is 0.210 e. The molecule has 0 fully saturated rings. The lowest BCUT2D eigenvalue weighted by molar-refractivity contribution is -0.455. The molecule has 0 amide bonds. The molecule has 1 aliphatic carbocycles. The smallest absolute Gasteiger partial charge is 0.210 e. The quantitative estimate of drug-likeness (QED) is 0.139. The predicted octanol–water partition coefficient (Wildman–Crippen LogP) is 14.6. The molecule has 2 heterocycles. The molecule has 3 aliphatic rings. The van der Waals surface area contributed by atoms with E-state index >= 15 is 0 Å². The van der Waals surface area contributed by atoms with E-state index in [0.717, 1.165) is 32.4 Å². The number of rotatable bonds is 8. The van der Waals surface area contributed by atoms with Crippen LogP contribution in [0.15, 0.2) is 205 Å². The largest absolute Gasteiger partial charge is 0.340 e. The number of nitrogens with zero attached hydrogens (tertiary/aromatic N) is 2. The zero-order valence-corrected chi connectivity index (χ0v) is 35.3. The molecule has 294 valence electrons. The third-order valence-electron chi connectivity index (χ3n) is 13.4. The molecule has 0 atom stereocenters. The third kappa shape index (κ3) is 6.56. The highest BCUT2D eigenvalue weighted by Gasteiger charge is 2.46. The minimum absolute atomic E-state index is 0.192. The second-order valence-corrected chi connectivity index (χ2v) is 17.8. The Labute approximate surface area is 355 Å². The van der Waals surface area contributed by atoms with E-state index in [2.05, 4.69) is 225 Å². The molecule has 0 bridgehead atoms. The van der Waals surface area contributed by atoms with Gasteiger partial charge >= 0.3 is 0 Å². The Balaban J connectivity index is 1.11. The molecule has 10 rings (SSSR count). The van der Waals surface area contributed by atoms with E-state index in [1.807, 2.05) is 0 Å². The average molecular weight is 778 g/mol. The van der Waals surface area contributed by atoms with E-state index in [-0.39, 0.29) is 10.8 Å². The number of anilines is 1. The van der Waals surface area contributed by atoms with Crippen molar-refractivity contribution >= 4 is 44.2 Å². The van der Waals surface area contributed by atoms with E-state index in [0.29, 0.717) is 0 Å². The van der Waals surface area contributed by atoms with Gasteiger partial charge in [0.25, 0.3) is 0 Å². The van der Waals surface area contributed by atoms with Crippen molar-refractivity contribution in [2.24, 2.45) is 0 Å². The summed E-state index contributed by atoms with van der Waals surface area (Å²) in [5, 5.41) is 5.27. The van der Waals surface area contributed by atoms with Gasteiger partial charge in [0.1, 0.15) is 0 Å². The highest BCUT2D eigenvalue weighted by atomic mass is 15.2. The predicted molar refractivity (Wildman–Crippen MR) is 254 cm³/mol. The minimum Gasteiger partial charge on any atom is -0.340 e. The van der Waals surface area contributed by atoms with Crippen LogP contribution in [0.5, 0.6) is 0 Å². The maximum atomic E-state index is 2.57. The number of hydrogen-bond acceptors (Lipinski definition) is 1. The van der Waals surface area contributed by atoms with E-state index in [1.54, 1.807) is 0 Å². The molecule has 0 N–H and O–H groups in total. The highest BCUT2D eigenvalue weighted by Crippen LogP contribution is 2.52. The van der Waals surface area contributed by atoms with Gasteiger partial charge in [-0.3, -0.25) is 0 Å². The molecule has 0 aromatic heterocycles. The summed E-state index contributed by atoms with van der Waals surface area (Å²) in [6.45, 7) is 11.3. The van der Waals surface area contributed by atoms with Gasteiger partial charge in [0.15, 0.2) is 12.3 Å². The van der Waals surface area contributed by atoms with Crippen LogP contribution in [0, 0.1) is 0 Å². The van der Waals surface area contributed by atoms with Crippen molar-refractivity contribution in [1.82, 2.24) is 0 Å². The van der Waals surface area contributed by atoms with Gasteiger partial charge in [-0.2, -0.15) is 4.58 Å². The van der Waals surface area contributed by atoms with Gasteiger partial charge in [0.05, 0.1) is 5.41 Å². The highest BCUT2D eigenvalue weighted by molar-refractivity contribution is 6.08. The molecule has 2 aliphatic heterocycles. The fraction of sp³-hybridized carbons (Fsp3) is 0.190. The SMILES string of the molecule is CC1(C)C(/C=C/C2=C(c3ccccc3)C(=C/C=C3/N(Cc4ccccc4)c4ccc5ccccc5c4C3(C)C)/CCC2)=[N+](Cc2ccccc2)c2ccc3ccccc3c21. The fourth-order valence-corrected chi connectivity index (χ4v) is 10.5. The second-order valence-electron chi connectivity index (χ2n) is 17.8. The molecule has 0 unspecified atom stereocenters. The van der Waals surface area contributed by atoms with Crippen molar-refractivity contribution < 1.29 is 4.58 Å². The van der Waals surface area contributed by atoms with Crippen LogP contribution in [-0.2, 0) is 23.9 Å². The number of allylic oxidation sites excluding steroid dienone is 8. The Hall–Kier alpha value is -6.51. The summed E-state index contributed by atoms with van der Waals surface area (Å²) in [6, 6.07) is 60.1. The number of hydrogen-bond donors (Lipinski definition) is 0. The Kier molecular flexibility index (Phi) is 9.60. The average Bonchev–Trinajstić information content (AvgIpc) is 3.63. The molecule has 0 spiro atoms. The number of benzene rings is 7. The van der Waals surface area contributed by atoms with E-state index in [1.165, 1.54) is 88.9 Å². The zero-order chi connectivity index (χ0) is 40.8. The van der Waals surface area contributed by atoms with Crippen molar-refractivity contribution in [3.8, 4) is 0 Å². The van der Waals surface area contributed by atoms with Crippen LogP contribution in [0.25, 0.3) is 27.1 Å². The van der Waals surface area contributed by atoms with Crippen LogP contribution in [0.2, 0.25) is 0 Å². The summed E-state index contributed by atoms with van der Waals surface area (Å²) in [4.78, 5) is 2.57. The molecule has 2 heteroatoms. The van der Waals surface area contributed by atoms with Gasteiger partial charge in [-0.1, -0.05) is 172 Å². The zero-order valence-electron chi connectivity index (χ0n) is 35.3. The van der Waals surface area contributed by atoms with Gasteiger partial charge in [-0.25, -0.2) is 0 Å². The van der Waals surface area contributed by atoms with Gasteiger partial charge < -0.3 is 4.90 Å². The Morgan fingerprint density at radius 2 is 1.15 bits per heavy atom. The fourth-order valence-electron chi connectivity index (χ4n) is 10.5. The van der Waals surface area contributed by atoms with Gasteiger partial charge in [-0.05, 0) is 106 Å². The van der Waals surface area contributed by atoms with Crippen LogP contribution in [0.4, 0.5) is 11.4 Å². The molecule has 7 aromatic carbocycles. The Morgan fingerprint density at radius 1 is 0.550 bits per heavy atom. The van der Waals surface area contributed by atoms with Crippen molar-refractivity contribution in [1.29, 1.82) is 0 Å². The van der Waals surface area contributed by atoms with Crippen molar-refractivity contribution in [3.63, 3.8) is 0 Å².